The van der Waals surface area contributed by atoms with Gasteiger partial charge in [0.15, 0.2) is 0 Å². The van der Waals surface area contributed by atoms with Crippen molar-refractivity contribution in [3.8, 4) is 0 Å². The molecular formula is C17H20FN. The Hall–Kier alpha value is -1.67. The summed E-state index contributed by atoms with van der Waals surface area (Å²) in [5.74, 6) is -0.153. The molecule has 1 unspecified atom stereocenters. The first-order valence-corrected chi connectivity index (χ1v) is 6.53. The molecule has 0 saturated heterocycles. The maximum Gasteiger partial charge on any atom is 0.126 e. The van der Waals surface area contributed by atoms with Crippen LogP contribution in [-0.2, 0) is 0 Å². The Balaban J connectivity index is 2.46. The van der Waals surface area contributed by atoms with Crippen LogP contribution in [0.25, 0.3) is 0 Å². The molecule has 19 heavy (non-hydrogen) atoms. The highest BCUT2D eigenvalue weighted by Crippen LogP contribution is 2.26. The molecular weight excluding hydrogens is 237 g/mol. The third kappa shape index (κ3) is 2.85. The summed E-state index contributed by atoms with van der Waals surface area (Å²) in [5, 5.41) is 3.32. The molecule has 0 aliphatic heterocycles. The molecule has 0 spiro atoms. The Morgan fingerprint density at radius 1 is 0.947 bits per heavy atom. The first-order chi connectivity index (χ1) is 9.02. The molecule has 1 atom stereocenters. The van der Waals surface area contributed by atoms with Gasteiger partial charge in [-0.05, 0) is 56.1 Å². The molecule has 0 amide bonds. The molecule has 0 fully saturated rings. The third-order valence-electron chi connectivity index (χ3n) is 3.54. The minimum absolute atomic E-state index is 0.0971. The Morgan fingerprint density at radius 2 is 1.68 bits per heavy atom. The second kappa shape index (κ2) is 5.54. The topological polar surface area (TPSA) is 12.0 Å². The zero-order chi connectivity index (χ0) is 14.0. The van der Waals surface area contributed by atoms with Crippen LogP contribution in [0.2, 0.25) is 0 Å². The smallest absolute Gasteiger partial charge is 0.126 e. The number of halogens is 1. The fourth-order valence-electron chi connectivity index (χ4n) is 2.50. The van der Waals surface area contributed by atoms with Crippen molar-refractivity contribution in [1.29, 1.82) is 0 Å². The molecule has 2 heteroatoms. The van der Waals surface area contributed by atoms with Gasteiger partial charge in [0.1, 0.15) is 5.82 Å². The number of hydrogen-bond acceptors (Lipinski definition) is 1. The van der Waals surface area contributed by atoms with Crippen molar-refractivity contribution in [2.45, 2.75) is 26.8 Å². The van der Waals surface area contributed by atoms with Crippen LogP contribution in [0.4, 0.5) is 4.39 Å². The predicted molar refractivity (Wildman–Crippen MR) is 78.0 cm³/mol. The lowest BCUT2D eigenvalue weighted by Crippen LogP contribution is -2.19. The second-order valence-corrected chi connectivity index (χ2v) is 5.09. The summed E-state index contributed by atoms with van der Waals surface area (Å²) in [6.45, 7) is 6.00. The van der Waals surface area contributed by atoms with Gasteiger partial charge in [-0.1, -0.05) is 35.9 Å². The molecule has 0 aromatic heterocycles. The average molecular weight is 257 g/mol. The van der Waals surface area contributed by atoms with Gasteiger partial charge >= 0.3 is 0 Å². The van der Waals surface area contributed by atoms with Crippen molar-refractivity contribution < 1.29 is 4.39 Å². The summed E-state index contributed by atoms with van der Waals surface area (Å²) in [7, 11) is 1.93. The van der Waals surface area contributed by atoms with E-state index in [0.717, 1.165) is 5.56 Å². The first-order valence-electron chi connectivity index (χ1n) is 6.53. The summed E-state index contributed by atoms with van der Waals surface area (Å²) in [5.41, 5.74) is 5.52. The predicted octanol–water partition coefficient (Wildman–Crippen LogP) is 4.06. The molecule has 0 saturated carbocycles. The number of hydrogen-bond donors (Lipinski definition) is 1. The monoisotopic (exact) mass is 257 g/mol. The van der Waals surface area contributed by atoms with Gasteiger partial charge in [-0.3, -0.25) is 0 Å². The van der Waals surface area contributed by atoms with E-state index in [-0.39, 0.29) is 11.9 Å². The molecule has 1 nitrogen and oxygen atoms in total. The lowest BCUT2D eigenvalue weighted by molar-refractivity contribution is 0.613. The van der Waals surface area contributed by atoms with Gasteiger partial charge in [-0.2, -0.15) is 0 Å². The Morgan fingerprint density at radius 3 is 2.26 bits per heavy atom. The molecule has 0 aliphatic rings. The first kappa shape index (κ1) is 13.8. The van der Waals surface area contributed by atoms with Crippen molar-refractivity contribution in [3.05, 3.63) is 70.0 Å². The minimum Gasteiger partial charge on any atom is -0.309 e. The van der Waals surface area contributed by atoms with Crippen LogP contribution in [-0.4, -0.2) is 7.05 Å². The summed E-state index contributed by atoms with van der Waals surface area (Å²) >= 11 is 0. The van der Waals surface area contributed by atoms with Gasteiger partial charge in [-0.15, -0.1) is 0 Å². The van der Waals surface area contributed by atoms with Crippen LogP contribution in [0.15, 0.2) is 36.4 Å². The molecule has 2 aromatic carbocycles. The lowest BCUT2D eigenvalue weighted by atomic mass is 9.93. The second-order valence-electron chi connectivity index (χ2n) is 5.09. The zero-order valence-electron chi connectivity index (χ0n) is 11.9. The maximum absolute atomic E-state index is 13.4. The molecule has 2 aromatic rings. The van der Waals surface area contributed by atoms with Gasteiger partial charge in [0.05, 0.1) is 6.04 Å². The highest BCUT2D eigenvalue weighted by Gasteiger charge is 2.15. The highest BCUT2D eigenvalue weighted by atomic mass is 19.1. The number of benzene rings is 2. The van der Waals surface area contributed by atoms with Crippen LogP contribution in [0, 0.1) is 26.6 Å². The Bertz CT molecular complexity index is 590. The molecule has 0 bridgehead atoms. The van der Waals surface area contributed by atoms with Gasteiger partial charge in [0.25, 0.3) is 0 Å². The maximum atomic E-state index is 13.4. The molecule has 0 aliphatic carbocycles. The van der Waals surface area contributed by atoms with Crippen molar-refractivity contribution in [3.63, 3.8) is 0 Å². The molecule has 1 N–H and O–H groups in total. The van der Waals surface area contributed by atoms with Crippen molar-refractivity contribution in [2.24, 2.45) is 0 Å². The average Bonchev–Trinajstić information content (AvgIpc) is 2.37. The quantitative estimate of drug-likeness (QED) is 0.874. The molecule has 2 rings (SSSR count). The highest BCUT2D eigenvalue weighted by molar-refractivity contribution is 5.40. The number of aryl methyl sites for hydroxylation is 3. The van der Waals surface area contributed by atoms with Crippen LogP contribution < -0.4 is 5.32 Å². The fraction of sp³-hybridized carbons (Fsp3) is 0.294. The largest absolute Gasteiger partial charge is 0.309 e. The Labute approximate surface area is 114 Å². The molecule has 100 valence electrons. The summed E-state index contributed by atoms with van der Waals surface area (Å²) < 4.78 is 13.4. The van der Waals surface area contributed by atoms with E-state index >= 15 is 0 Å². The molecule has 0 radical (unpaired) electrons. The summed E-state index contributed by atoms with van der Waals surface area (Å²) in [6.07, 6.45) is 0. The normalized spacial score (nSPS) is 12.5. The van der Waals surface area contributed by atoms with Crippen LogP contribution in [0.5, 0.6) is 0 Å². The molecule has 0 heterocycles. The van der Waals surface area contributed by atoms with Crippen LogP contribution in [0.3, 0.4) is 0 Å². The fourth-order valence-corrected chi connectivity index (χ4v) is 2.50. The lowest BCUT2D eigenvalue weighted by Gasteiger charge is -2.20. The van der Waals surface area contributed by atoms with Crippen molar-refractivity contribution >= 4 is 0 Å². The van der Waals surface area contributed by atoms with E-state index in [1.807, 2.05) is 19.2 Å². The van der Waals surface area contributed by atoms with Crippen molar-refractivity contribution in [1.82, 2.24) is 5.32 Å². The van der Waals surface area contributed by atoms with Gasteiger partial charge in [0, 0.05) is 0 Å². The van der Waals surface area contributed by atoms with Crippen LogP contribution >= 0.6 is 0 Å². The van der Waals surface area contributed by atoms with E-state index in [0.29, 0.717) is 5.56 Å². The minimum atomic E-state index is -0.153. The summed E-state index contributed by atoms with van der Waals surface area (Å²) in [6, 6.07) is 11.8. The summed E-state index contributed by atoms with van der Waals surface area (Å²) in [4.78, 5) is 0. The Kier molecular flexibility index (Phi) is 4.01. The van der Waals surface area contributed by atoms with E-state index in [9.17, 15) is 4.39 Å². The van der Waals surface area contributed by atoms with Crippen LogP contribution in [0.1, 0.15) is 33.9 Å². The van der Waals surface area contributed by atoms with Gasteiger partial charge in [0.2, 0.25) is 0 Å². The standard InChI is InChI=1S/C17H20FN/c1-11-5-7-15(12(2)9-11)17(19-4)14-6-8-16(18)13(3)10-14/h5-10,17,19H,1-4H3. The third-order valence-corrected chi connectivity index (χ3v) is 3.54. The number of nitrogens with one attached hydrogen (secondary N) is 1. The van der Waals surface area contributed by atoms with Gasteiger partial charge in [-0.25, -0.2) is 4.39 Å². The van der Waals surface area contributed by atoms with Gasteiger partial charge < -0.3 is 5.32 Å². The van der Waals surface area contributed by atoms with Crippen molar-refractivity contribution in [2.75, 3.05) is 7.05 Å². The van der Waals surface area contributed by atoms with E-state index in [1.54, 1.807) is 13.0 Å². The van der Waals surface area contributed by atoms with E-state index in [4.69, 9.17) is 0 Å². The van der Waals surface area contributed by atoms with E-state index in [2.05, 4.69) is 37.4 Å². The number of rotatable bonds is 3. The van der Waals surface area contributed by atoms with E-state index < -0.39 is 0 Å². The zero-order valence-corrected chi connectivity index (χ0v) is 11.9. The van der Waals surface area contributed by atoms with E-state index in [1.165, 1.54) is 16.7 Å². The SMILES string of the molecule is CNC(c1ccc(F)c(C)c1)c1ccc(C)cc1C.